The highest BCUT2D eigenvalue weighted by Crippen LogP contribution is 2.29. The average Bonchev–Trinajstić information content (AvgIpc) is 3.16. The molecule has 5 N–H and O–H groups in total. The van der Waals surface area contributed by atoms with Gasteiger partial charge in [-0.3, -0.25) is 5.41 Å². The van der Waals surface area contributed by atoms with Crippen molar-refractivity contribution in [1.29, 1.82) is 5.41 Å². The van der Waals surface area contributed by atoms with Gasteiger partial charge in [0.2, 0.25) is 0 Å². The van der Waals surface area contributed by atoms with E-state index in [1.807, 2.05) is 43.3 Å². The predicted octanol–water partition coefficient (Wildman–Crippen LogP) is 3.29. The van der Waals surface area contributed by atoms with Crippen molar-refractivity contribution in [2.45, 2.75) is 19.4 Å². The third kappa shape index (κ3) is 4.37. The SMILES string of the molecule is CC(c1ccc(-c2ccccc2)c(F)c1)c1cc(CN(CCN)C(=N)N)on1. The van der Waals surface area contributed by atoms with Crippen LogP contribution in [0.4, 0.5) is 4.39 Å². The van der Waals surface area contributed by atoms with Crippen LogP contribution in [0.2, 0.25) is 0 Å². The monoisotopic (exact) mass is 381 g/mol. The Morgan fingerprint density at radius 3 is 2.61 bits per heavy atom. The van der Waals surface area contributed by atoms with Gasteiger partial charge in [0.25, 0.3) is 0 Å². The third-order valence-corrected chi connectivity index (χ3v) is 4.69. The number of nitrogens with one attached hydrogen (secondary N) is 1. The van der Waals surface area contributed by atoms with Gasteiger partial charge in [0, 0.05) is 30.6 Å². The molecule has 0 spiro atoms. The molecular weight excluding hydrogens is 357 g/mol. The number of aromatic nitrogens is 1. The highest BCUT2D eigenvalue weighted by Gasteiger charge is 2.18. The normalized spacial score (nSPS) is 12.0. The van der Waals surface area contributed by atoms with Crippen LogP contribution in [0.15, 0.2) is 59.1 Å². The number of benzene rings is 2. The Morgan fingerprint density at radius 2 is 1.96 bits per heavy atom. The molecule has 1 heterocycles. The minimum atomic E-state index is -0.273. The first kappa shape index (κ1) is 19.6. The molecule has 1 atom stereocenters. The van der Waals surface area contributed by atoms with Crippen molar-refractivity contribution >= 4 is 5.96 Å². The van der Waals surface area contributed by atoms with E-state index in [0.717, 1.165) is 11.1 Å². The van der Waals surface area contributed by atoms with Gasteiger partial charge in [-0.1, -0.05) is 54.5 Å². The molecule has 0 amide bonds. The van der Waals surface area contributed by atoms with Crippen molar-refractivity contribution < 1.29 is 8.91 Å². The van der Waals surface area contributed by atoms with Crippen LogP contribution >= 0.6 is 0 Å². The number of hydrogen-bond donors (Lipinski definition) is 3. The molecule has 1 unspecified atom stereocenters. The summed E-state index contributed by atoms with van der Waals surface area (Å²) in [6, 6.07) is 16.5. The van der Waals surface area contributed by atoms with E-state index < -0.39 is 0 Å². The summed E-state index contributed by atoms with van der Waals surface area (Å²) in [4.78, 5) is 1.60. The largest absolute Gasteiger partial charge is 0.370 e. The number of halogens is 1. The summed E-state index contributed by atoms with van der Waals surface area (Å²) < 4.78 is 20.0. The highest BCUT2D eigenvalue weighted by atomic mass is 19.1. The fourth-order valence-corrected chi connectivity index (χ4v) is 3.06. The van der Waals surface area contributed by atoms with Crippen LogP contribution in [-0.2, 0) is 6.54 Å². The minimum absolute atomic E-state index is 0.0741. The molecule has 2 aromatic carbocycles. The second kappa shape index (κ2) is 8.67. The number of guanidine groups is 1. The maximum atomic E-state index is 14.7. The topological polar surface area (TPSA) is 105 Å². The Morgan fingerprint density at radius 1 is 1.21 bits per heavy atom. The molecule has 0 aliphatic heterocycles. The van der Waals surface area contributed by atoms with E-state index in [1.165, 1.54) is 6.07 Å². The minimum Gasteiger partial charge on any atom is -0.370 e. The first-order valence-corrected chi connectivity index (χ1v) is 9.09. The lowest BCUT2D eigenvalue weighted by Gasteiger charge is -2.19. The fourth-order valence-electron chi connectivity index (χ4n) is 3.06. The van der Waals surface area contributed by atoms with E-state index in [-0.39, 0.29) is 17.7 Å². The zero-order valence-corrected chi connectivity index (χ0v) is 15.7. The van der Waals surface area contributed by atoms with E-state index in [2.05, 4.69) is 5.16 Å². The lowest BCUT2D eigenvalue weighted by molar-refractivity contribution is 0.316. The van der Waals surface area contributed by atoms with Crippen LogP contribution in [0.1, 0.15) is 29.9 Å². The maximum Gasteiger partial charge on any atom is 0.188 e. The standard InChI is InChI=1S/C21H24FN5O/c1-14(20-12-17(28-26-20)13-27(10-9-23)21(24)25)16-7-8-18(19(22)11-16)15-5-3-2-4-6-15/h2-8,11-12,14H,9-10,13,23H2,1H3,(H3,24,25). The van der Waals surface area contributed by atoms with Crippen molar-refractivity contribution in [3.63, 3.8) is 0 Å². The van der Waals surface area contributed by atoms with E-state index in [1.54, 1.807) is 17.0 Å². The molecule has 0 aliphatic carbocycles. The molecule has 0 fully saturated rings. The molecule has 0 radical (unpaired) electrons. The zero-order valence-electron chi connectivity index (χ0n) is 15.7. The molecule has 3 rings (SSSR count). The molecule has 7 heteroatoms. The second-order valence-corrected chi connectivity index (χ2v) is 6.64. The maximum absolute atomic E-state index is 14.7. The molecule has 0 bridgehead atoms. The molecule has 3 aromatic rings. The summed E-state index contributed by atoms with van der Waals surface area (Å²) in [6.45, 7) is 3.09. The van der Waals surface area contributed by atoms with Gasteiger partial charge in [-0.05, 0) is 17.2 Å². The van der Waals surface area contributed by atoms with Gasteiger partial charge in [-0.15, -0.1) is 0 Å². The van der Waals surface area contributed by atoms with Crippen molar-refractivity contribution in [3.8, 4) is 11.1 Å². The molecule has 6 nitrogen and oxygen atoms in total. The van der Waals surface area contributed by atoms with Crippen LogP contribution in [-0.4, -0.2) is 29.1 Å². The van der Waals surface area contributed by atoms with Crippen molar-refractivity contribution in [2.75, 3.05) is 13.1 Å². The summed E-state index contributed by atoms with van der Waals surface area (Å²) >= 11 is 0. The molecule has 1 aromatic heterocycles. The van der Waals surface area contributed by atoms with Crippen molar-refractivity contribution in [3.05, 3.63) is 77.4 Å². The Bertz CT molecular complexity index is 941. The predicted molar refractivity (Wildman–Crippen MR) is 107 cm³/mol. The van der Waals surface area contributed by atoms with Crippen molar-refractivity contribution in [1.82, 2.24) is 10.1 Å². The van der Waals surface area contributed by atoms with E-state index in [4.69, 9.17) is 21.4 Å². The van der Waals surface area contributed by atoms with Crippen LogP contribution < -0.4 is 11.5 Å². The van der Waals surface area contributed by atoms with Gasteiger partial charge in [-0.25, -0.2) is 4.39 Å². The van der Waals surface area contributed by atoms with Gasteiger partial charge in [0.1, 0.15) is 5.82 Å². The molecule has 146 valence electrons. The summed E-state index contributed by atoms with van der Waals surface area (Å²) in [5.74, 6) is 0.0870. The van der Waals surface area contributed by atoms with Crippen LogP contribution in [0.3, 0.4) is 0 Å². The molecular formula is C21H24FN5O. The Kier molecular flexibility index (Phi) is 6.06. The lowest BCUT2D eigenvalue weighted by atomic mass is 9.94. The Balaban J connectivity index is 1.77. The summed E-state index contributed by atoms with van der Waals surface area (Å²) in [5.41, 5.74) is 14.0. The first-order chi connectivity index (χ1) is 13.5. The Hall–Kier alpha value is -3.19. The Labute approximate surface area is 163 Å². The summed E-state index contributed by atoms with van der Waals surface area (Å²) in [7, 11) is 0. The fraction of sp³-hybridized carbons (Fsp3) is 0.238. The quantitative estimate of drug-likeness (QED) is 0.430. The molecule has 0 saturated heterocycles. The third-order valence-electron chi connectivity index (χ3n) is 4.69. The lowest BCUT2D eigenvalue weighted by Crippen LogP contribution is -2.39. The molecule has 28 heavy (non-hydrogen) atoms. The molecule has 0 aliphatic rings. The van der Waals surface area contributed by atoms with Crippen LogP contribution in [0.25, 0.3) is 11.1 Å². The molecule has 0 saturated carbocycles. The van der Waals surface area contributed by atoms with Gasteiger partial charge >= 0.3 is 0 Å². The summed E-state index contributed by atoms with van der Waals surface area (Å²) in [5, 5.41) is 11.7. The second-order valence-electron chi connectivity index (χ2n) is 6.64. The van der Waals surface area contributed by atoms with Crippen LogP contribution in [0.5, 0.6) is 0 Å². The van der Waals surface area contributed by atoms with E-state index >= 15 is 0 Å². The highest BCUT2D eigenvalue weighted by molar-refractivity contribution is 5.74. The number of nitrogens with zero attached hydrogens (tertiary/aromatic N) is 2. The van der Waals surface area contributed by atoms with E-state index in [9.17, 15) is 4.39 Å². The number of hydrogen-bond acceptors (Lipinski definition) is 4. The van der Waals surface area contributed by atoms with Gasteiger partial charge < -0.3 is 20.9 Å². The zero-order chi connectivity index (χ0) is 20.1. The first-order valence-electron chi connectivity index (χ1n) is 9.09. The van der Waals surface area contributed by atoms with Gasteiger partial charge in [0.05, 0.1) is 12.2 Å². The number of rotatable bonds is 7. The average molecular weight is 381 g/mol. The van der Waals surface area contributed by atoms with Gasteiger partial charge in [-0.2, -0.15) is 0 Å². The number of nitrogens with two attached hydrogens (primary N) is 2. The van der Waals surface area contributed by atoms with Crippen LogP contribution in [0, 0.1) is 11.2 Å². The summed E-state index contributed by atoms with van der Waals surface area (Å²) in [6.07, 6.45) is 0. The van der Waals surface area contributed by atoms with E-state index in [0.29, 0.717) is 36.7 Å². The van der Waals surface area contributed by atoms with Crippen molar-refractivity contribution in [2.24, 2.45) is 11.5 Å². The van der Waals surface area contributed by atoms with Gasteiger partial charge in [0.15, 0.2) is 11.7 Å². The smallest absolute Gasteiger partial charge is 0.188 e.